The zero-order valence-electron chi connectivity index (χ0n) is 18.7. The number of aromatic nitrogens is 1. The van der Waals surface area contributed by atoms with Gasteiger partial charge in [0.15, 0.2) is 0 Å². The van der Waals surface area contributed by atoms with E-state index in [0.717, 1.165) is 38.8 Å². The summed E-state index contributed by atoms with van der Waals surface area (Å²) in [5.74, 6) is -0.300. The number of aryl methyl sites for hydroxylation is 1. The van der Waals surface area contributed by atoms with Crippen LogP contribution in [0.2, 0.25) is 0 Å². The zero-order valence-corrected chi connectivity index (χ0v) is 18.7. The number of carbonyl (C=O) groups is 2. The van der Waals surface area contributed by atoms with Gasteiger partial charge in [0.25, 0.3) is 0 Å². The molecule has 6 heteroatoms. The Kier molecular flexibility index (Phi) is 6.74. The first-order valence-corrected chi connectivity index (χ1v) is 10.9. The molecule has 0 aliphatic carbocycles. The first kappa shape index (κ1) is 22.1. The minimum atomic E-state index is -0.813. The molecule has 0 aliphatic heterocycles. The van der Waals surface area contributed by atoms with Crippen LogP contribution >= 0.6 is 0 Å². The number of hydrogen-bond donors (Lipinski definition) is 3. The van der Waals surface area contributed by atoms with E-state index in [4.69, 9.17) is 4.74 Å². The van der Waals surface area contributed by atoms with Gasteiger partial charge in [0, 0.05) is 29.2 Å². The molecule has 4 aromatic rings. The molecule has 2 amide bonds. The van der Waals surface area contributed by atoms with Crippen molar-refractivity contribution in [3.8, 4) is 0 Å². The number of rotatable bonds is 7. The van der Waals surface area contributed by atoms with Gasteiger partial charge in [-0.05, 0) is 48.2 Å². The molecule has 0 saturated heterocycles. The standard InChI is InChI=1S/C27H27N3O3/c1-18-9-8-14-23(19(18)2)29-26(31)25(15-21-16-28-24-13-7-6-12-22(21)24)30-27(32)33-17-20-10-4-3-5-11-20/h3-14,16,25,28H,15,17H2,1-2H3,(H,29,31)(H,30,32). The summed E-state index contributed by atoms with van der Waals surface area (Å²) in [5, 5.41) is 6.74. The molecule has 0 spiro atoms. The van der Waals surface area contributed by atoms with Crippen LogP contribution in [0.15, 0.2) is 79.0 Å². The lowest BCUT2D eigenvalue weighted by Crippen LogP contribution is -2.45. The Morgan fingerprint density at radius 1 is 0.939 bits per heavy atom. The number of hydrogen-bond acceptors (Lipinski definition) is 3. The summed E-state index contributed by atoms with van der Waals surface area (Å²) < 4.78 is 5.37. The molecule has 1 aromatic heterocycles. The normalized spacial score (nSPS) is 11.7. The Morgan fingerprint density at radius 3 is 2.52 bits per heavy atom. The monoisotopic (exact) mass is 441 g/mol. The molecule has 0 saturated carbocycles. The van der Waals surface area contributed by atoms with Crippen molar-refractivity contribution >= 4 is 28.6 Å². The van der Waals surface area contributed by atoms with Crippen molar-refractivity contribution in [3.63, 3.8) is 0 Å². The number of ether oxygens (including phenoxy) is 1. The van der Waals surface area contributed by atoms with Crippen molar-refractivity contribution in [1.82, 2.24) is 10.3 Å². The number of nitrogens with one attached hydrogen (secondary N) is 3. The number of alkyl carbamates (subject to hydrolysis) is 1. The zero-order chi connectivity index (χ0) is 23.2. The number of anilines is 1. The van der Waals surface area contributed by atoms with E-state index in [1.165, 1.54) is 0 Å². The van der Waals surface area contributed by atoms with E-state index < -0.39 is 12.1 Å². The van der Waals surface area contributed by atoms with Gasteiger partial charge in [0.05, 0.1) is 0 Å². The highest BCUT2D eigenvalue weighted by Crippen LogP contribution is 2.21. The van der Waals surface area contributed by atoms with Crippen LogP contribution in [-0.2, 0) is 22.6 Å². The highest BCUT2D eigenvalue weighted by molar-refractivity contribution is 5.98. The summed E-state index contributed by atoms with van der Waals surface area (Å²) in [7, 11) is 0. The van der Waals surface area contributed by atoms with Crippen LogP contribution in [0.1, 0.15) is 22.3 Å². The van der Waals surface area contributed by atoms with Crippen molar-refractivity contribution in [2.24, 2.45) is 0 Å². The largest absolute Gasteiger partial charge is 0.445 e. The number of benzene rings is 3. The molecule has 1 unspecified atom stereocenters. The molecule has 0 bridgehead atoms. The predicted octanol–water partition coefficient (Wildman–Crippen LogP) is 5.26. The van der Waals surface area contributed by atoms with Crippen LogP contribution in [0, 0.1) is 13.8 Å². The molecule has 1 atom stereocenters. The highest BCUT2D eigenvalue weighted by Gasteiger charge is 2.24. The van der Waals surface area contributed by atoms with E-state index in [2.05, 4.69) is 15.6 Å². The number of aromatic amines is 1. The second-order valence-electron chi connectivity index (χ2n) is 8.06. The van der Waals surface area contributed by atoms with Crippen molar-refractivity contribution in [2.45, 2.75) is 32.9 Å². The maximum Gasteiger partial charge on any atom is 0.408 e. The van der Waals surface area contributed by atoms with Gasteiger partial charge in [-0.15, -0.1) is 0 Å². The van der Waals surface area contributed by atoms with E-state index in [1.54, 1.807) is 0 Å². The second-order valence-corrected chi connectivity index (χ2v) is 8.06. The van der Waals surface area contributed by atoms with E-state index >= 15 is 0 Å². The minimum Gasteiger partial charge on any atom is -0.445 e. The highest BCUT2D eigenvalue weighted by atomic mass is 16.5. The number of amides is 2. The summed E-state index contributed by atoms with van der Waals surface area (Å²) in [6, 6.07) is 22.2. The van der Waals surface area contributed by atoms with Gasteiger partial charge >= 0.3 is 6.09 Å². The van der Waals surface area contributed by atoms with E-state index in [9.17, 15) is 9.59 Å². The van der Waals surface area contributed by atoms with Crippen LogP contribution in [0.4, 0.5) is 10.5 Å². The molecule has 1 heterocycles. The molecule has 0 radical (unpaired) electrons. The van der Waals surface area contributed by atoms with Crippen LogP contribution in [0.25, 0.3) is 10.9 Å². The fourth-order valence-corrected chi connectivity index (χ4v) is 3.74. The van der Waals surface area contributed by atoms with Gasteiger partial charge in [-0.3, -0.25) is 4.79 Å². The molecule has 4 rings (SSSR count). The molecule has 33 heavy (non-hydrogen) atoms. The molecular formula is C27H27N3O3. The summed E-state index contributed by atoms with van der Waals surface area (Å²) in [6.45, 7) is 4.08. The second kappa shape index (κ2) is 10.0. The Morgan fingerprint density at radius 2 is 1.70 bits per heavy atom. The van der Waals surface area contributed by atoms with Crippen molar-refractivity contribution in [3.05, 3.63) is 101 Å². The maximum absolute atomic E-state index is 13.3. The molecule has 168 valence electrons. The van der Waals surface area contributed by atoms with Crippen LogP contribution < -0.4 is 10.6 Å². The van der Waals surface area contributed by atoms with Gasteiger partial charge < -0.3 is 20.4 Å². The van der Waals surface area contributed by atoms with Crippen molar-refractivity contribution in [1.29, 1.82) is 0 Å². The Bertz CT molecular complexity index is 1260. The molecule has 0 aliphatic rings. The molecule has 6 nitrogen and oxygen atoms in total. The molecule has 0 fully saturated rings. The summed E-state index contributed by atoms with van der Waals surface area (Å²) in [4.78, 5) is 29.1. The number of para-hydroxylation sites is 1. The van der Waals surface area contributed by atoms with Gasteiger partial charge in [-0.1, -0.05) is 60.7 Å². The van der Waals surface area contributed by atoms with Crippen LogP contribution in [0.3, 0.4) is 0 Å². The van der Waals surface area contributed by atoms with Crippen molar-refractivity contribution in [2.75, 3.05) is 5.32 Å². The SMILES string of the molecule is Cc1cccc(NC(=O)C(Cc2c[nH]c3ccccc23)NC(=O)OCc2ccccc2)c1C. The number of H-pyrrole nitrogens is 1. The fraction of sp³-hybridized carbons (Fsp3) is 0.185. The Labute approximate surface area is 193 Å². The maximum atomic E-state index is 13.3. The first-order valence-electron chi connectivity index (χ1n) is 10.9. The quantitative estimate of drug-likeness (QED) is 0.366. The Balaban J connectivity index is 1.52. The van der Waals surface area contributed by atoms with Gasteiger partial charge in [-0.2, -0.15) is 0 Å². The average Bonchev–Trinajstić information content (AvgIpc) is 3.24. The van der Waals surface area contributed by atoms with Gasteiger partial charge in [-0.25, -0.2) is 4.79 Å². The van der Waals surface area contributed by atoms with E-state index in [1.807, 2.05) is 92.8 Å². The van der Waals surface area contributed by atoms with Crippen LogP contribution in [-0.4, -0.2) is 23.0 Å². The summed E-state index contributed by atoms with van der Waals surface area (Å²) >= 11 is 0. The van der Waals surface area contributed by atoms with E-state index in [0.29, 0.717) is 6.42 Å². The predicted molar refractivity (Wildman–Crippen MR) is 130 cm³/mol. The summed E-state index contributed by atoms with van der Waals surface area (Å²) in [6.07, 6.45) is 1.56. The molecule has 3 aromatic carbocycles. The Hall–Kier alpha value is -4.06. The van der Waals surface area contributed by atoms with Crippen molar-refractivity contribution < 1.29 is 14.3 Å². The number of carbonyl (C=O) groups excluding carboxylic acids is 2. The minimum absolute atomic E-state index is 0.130. The summed E-state index contributed by atoms with van der Waals surface area (Å²) in [5.41, 5.74) is 5.59. The van der Waals surface area contributed by atoms with Gasteiger partial charge in [0.1, 0.15) is 12.6 Å². The topological polar surface area (TPSA) is 83.2 Å². The first-order chi connectivity index (χ1) is 16.0. The lowest BCUT2D eigenvalue weighted by molar-refractivity contribution is -0.118. The van der Waals surface area contributed by atoms with Crippen LogP contribution in [0.5, 0.6) is 0 Å². The number of fused-ring (bicyclic) bond motifs is 1. The smallest absolute Gasteiger partial charge is 0.408 e. The third-order valence-corrected chi connectivity index (χ3v) is 5.78. The lowest BCUT2D eigenvalue weighted by Gasteiger charge is -2.19. The fourth-order valence-electron chi connectivity index (χ4n) is 3.74. The third-order valence-electron chi connectivity index (χ3n) is 5.78. The molecular weight excluding hydrogens is 414 g/mol. The average molecular weight is 442 g/mol. The lowest BCUT2D eigenvalue weighted by atomic mass is 10.0. The van der Waals surface area contributed by atoms with Gasteiger partial charge in [0.2, 0.25) is 5.91 Å². The van der Waals surface area contributed by atoms with E-state index in [-0.39, 0.29) is 12.5 Å². The third kappa shape index (κ3) is 5.41. The molecule has 3 N–H and O–H groups in total.